The lowest BCUT2D eigenvalue weighted by molar-refractivity contribution is -0.117. The zero-order valence-corrected chi connectivity index (χ0v) is 14.3. The summed E-state index contributed by atoms with van der Waals surface area (Å²) in [4.78, 5) is 17.2. The summed E-state index contributed by atoms with van der Waals surface area (Å²) in [5.74, 6) is 0.915. The number of allylic oxidation sites excluding steroid dienone is 2. The summed E-state index contributed by atoms with van der Waals surface area (Å²) in [6.45, 7) is 6.10. The van der Waals surface area contributed by atoms with Crippen LogP contribution >= 0.6 is 0 Å². The van der Waals surface area contributed by atoms with Gasteiger partial charge in [0.2, 0.25) is 0 Å². The predicted octanol–water partition coefficient (Wildman–Crippen LogP) is 4.77. The summed E-state index contributed by atoms with van der Waals surface area (Å²) >= 11 is 0. The molecular weight excluding hydrogens is 290 g/mol. The Kier molecular flexibility index (Phi) is 5.24. The minimum atomic E-state index is -0.140. The Labute approximate surface area is 137 Å². The maximum Gasteiger partial charge on any atom is 0.168 e. The molecular formula is C19H25NO3. The van der Waals surface area contributed by atoms with Gasteiger partial charge in [-0.1, -0.05) is 20.8 Å². The Hall–Kier alpha value is -2.10. The first kappa shape index (κ1) is 17.3. The van der Waals surface area contributed by atoms with E-state index in [0.29, 0.717) is 30.5 Å². The zero-order valence-electron chi connectivity index (χ0n) is 14.3. The molecule has 1 fully saturated rings. The highest BCUT2D eigenvalue weighted by Gasteiger charge is 2.36. The van der Waals surface area contributed by atoms with Gasteiger partial charge in [0.15, 0.2) is 5.78 Å². The molecule has 0 spiro atoms. The first-order valence-electron chi connectivity index (χ1n) is 8.03. The van der Waals surface area contributed by atoms with Gasteiger partial charge in [-0.3, -0.25) is 9.79 Å². The molecule has 1 aromatic carbocycles. The third kappa shape index (κ3) is 4.21. The molecule has 2 rings (SSSR count). The summed E-state index contributed by atoms with van der Waals surface area (Å²) in [6.07, 6.45) is 2.41. The fraction of sp³-hybridized carbons (Fsp3) is 0.474. The molecule has 1 N–H and O–H groups in total. The molecule has 4 nitrogen and oxygen atoms in total. The van der Waals surface area contributed by atoms with Gasteiger partial charge in [-0.25, -0.2) is 0 Å². The smallest absolute Gasteiger partial charge is 0.168 e. The van der Waals surface area contributed by atoms with Crippen LogP contribution < -0.4 is 4.74 Å². The van der Waals surface area contributed by atoms with Crippen LogP contribution in [0.3, 0.4) is 0 Å². The van der Waals surface area contributed by atoms with Crippen LogP contribution in [0.1, 0.15) is 46.5 Å². The van der Waals surface area contributed by atoms with Crippen LogP contribution in [0.25, 0.3) is 0 Å². The van der Waals surface area contributed by atoms with Crippen LogP contribution in [0, 0.1) is 5.41 Å². The highest BCUT2D eigenvalue weighted by molar-refractivity contribution is 6.25. The predicted molar refractivity (Wildman–Crippen MR) is 92.7 cm³/mol. The topological polar surface area (TPSA) is 58.9 Å². The third-order valence-corrected chi connectivity index (χ3v) is 3.96. The van der Waals surface area contributed by atoms with Crippen LogP contribution in [0.15, 0.2) is 40.6 Å². The van der Waals surface area contributed by atoms with E-state index in [0.717, 1.165) is 17.9 Å². The van der Waals surface area contributed by atoms with Gasteiger partial charge in [0.1, 0.15) is 11.5 Å². The van der Waals surface area contributed by atoms with E-state index >= 15 is 0 Å². The standard InChI is InChI=1S/C19H25NO3/c1-5-6-16(21)18-15(11-19(2,3)12-17(18)22)20-13-7-9-14(23-4)10-8-13/h7-10,21H,5-6,11-12H2,1-4H3. The van der Waals surface area contributed by atoms with Gasteiger partial charge in [-0.2, -0.15) is 0 Å². The minimum Gasteiger partial charge on any atom is -0.511 e. The van der Waals surface area contributed by atoms with Crippen molar-refractivity contribution in [2.24, 2.45) is 10.4 Å². The van der Waals surface area contributed by atoms with E-state index in [9.17, 15) is 9.90 Å². The minimum absolute atomic E-state index is 0.0144. The number of hydrogen-bond acceptors (Lipinski definition) is 4. The maximum absolute atomic E-state index is 12.5. The molecule has 1 aliphatic carbocycles. The second-order valence-corrected chi connectivity index (χ2v) is 6.77. The lowest BCUT2D eigenvalue weighted by Crippen LogP contribution is -2.32. The van der Waals surface area contributed by atoms with Crippen LogP contribution in [-0.2, 0) is 4.79 Å². The number of benzene rings is 1. The van der Waals surface area contributed by atoms with Gasteiger partial charge in [0, 0.05) is 12.8 Å². The molecule has 0 atom stereocenters. The SMILES string of the molecule is CCCC(O)=C1C(=O)CC(C)(C)CC1=Nc1ccc(OC)cc1. The fourth-order valence-corrected chi connectivity index (χ4v) is 2.89. The van der Waals surface area contributed by atoms with Crippen molar-refractivity contribution >= 4 is 17.2 Å². The van der Waals surface area contributed by atoms with Crippen molar-refractivity contribution in [1.82, 2.24) is 0 Å². The maximum atomic E-state index is 12.5. The van der Waals surface area contributed by atoms with Crippen molar-refractivity contribution in [2.75, 3.05) is 7.11 Å². The molecule has 0 aromatic heterocycles. The summed E-state index contributed by atoms with van der Waals surface area (Å²) in [5, 5.41) is 10.3. The molecule has 0 aliphatic heterocycles. The van der Waals surface area contributed by atoms with E-state index < -0.39 is 0 Å². The van der Waals surface area contributed by atoms with Gasteiger partial charge in [0.05, 0.1) is 24.1 Å². The summed E-state index contributed by atoms with van der Waals surface area (Å²) in [5.41, 5.74) is 1.72. The molecule has 4 heteroatoms. The zero-order chi connectivity index (χ0) is 17.0. The monoisotopic (exact) mass is 315 g/mol. The number of ketones is 1. The van der Waals surface area contributed by atoms with Gasteiger partial charge in [-0.05, 0) is 42.5 Å². The average molecular weight is 315 g/mol. The number of aliphatic hydroxyl groups is 1. The lowest BCUT2D eigenvalue weighted by Gasteiger charge is -2.31. The number of Topliss-reactive ketones (excluding diaryl/α,β-unsaturated/α-hetero) is 1. The molecule has 0 amide bonds. The number of carbonyl (C=O) groups excluding carboxylic acids is 1. The Bertz CT molecular complexity index is 639. The van der Waals surface area contributed by atoms with Crippen molar-refractivity contribution in [2.45, 2.75) is 46.5 Å². The van der Waals surface area contributed by atoms with Crippen molar-refractivity contribution in [1.29, 1.82) is 0 Å². The number of hydrogen-bond donors (Lipinski definition) is 1. The number of aliphatic hydroxyl groups excluding tert-OH is 1. The van der Waals surface area contributed by atoms with Crippen LogP contribution in [-0.4, -0.2) is 23.7 Å². The number of rotatable bonds is 4. The average Bonchev–Trinajstić information content (AvgIpc) is 2.46. The van der Waals surface area contributed by atoms with E-state index in [1.807, 2.05) is 31.2 Å². The second-order valence-electron chi connectivity index (χ2n) is 6.77. The molecule has 1 saturated carbocycles. The third-order valence-electron chi connectivity index (χ3n) is 3.96. The molecule has 1 aromatic rings. The summed E-state index contributed by atoms with van der Waals surface area (Å²) < 4.78 is 5.15. The second kappa shape index (κ2) is 6.99. The van der Waals surface area contributed by atoms with Gasteiger partial charge in [0.25, 0.3) is 0 Å². The van der Waals surface area contributed by atoms with Crippen LogP contribution in [0.2, 0.25) is 0 Å². The van der Waals surface area contributed by atoms with Crippen molar-refractivity contribution in [3.8, 4) is 5.75 Å². The number of nitrogens with zero attached hydrogens (tertiary/aromatic N) is 1. The highest BCUT2D eigenvalue weighted by Crippen LogP contribution is 2.36. The molecule has 23 heavy (non-hydrogen) atoms. The molecule has 0 unspecified atom stereocenters. The van der Waals surface area contributed by atoms with Crippen LogP contribution in [0.4, 0.5) is 5.69 Å². The highest BCUT2D eigenvalue weighted by atomic mass is 16.5. The quantitative estimate of drug-likeness (QED) is 0.643. The van der Waals surface area contributed by atoms with Crippen LogP contribution in [0.5, 0.6) is 5.75 Å². The van der Waals surface area contributed by atoms with Gasteiger partial charge in [-0.15, -0.1) is 0 Å². The number of ether oxygens (including phenoxy) is 1. The Morgan fingerprint density at radius 2 is 1.91 bits per heavy atom. The molecule has 124 valence electrons. The normalized spacial score (nSPS) is 21.4. The van der Waals surface area contributed by atoms with E-state index in [1.54, 1.807) is 7.11 Å². The van der Waals surface area contributed by atoms with Gasteiger partial charge < -0.3 is 9.84 Å². The van der Waals surface area contributed by atoms with E-state index in [-0.39, 0.29) is 17.0 Å². The number of carbonyl (C=O) groups is 1. The van der Waals surface area contributed by atoms with Crippen molar-refractivity contribution in [3.05, 3.63) is 35.6 Å². The number of methoxy groups -OCH3 is 1. The molecule has 0 radical (unpaired) electrons. The lowest BCUT2D eigenvalue weighted by atomic mass is 9.73. The molecule has 0 saturated heterocycles. The fourth-order valence-electron chi connectivity index (χ4n) is 2.89. The summed E-state index contributed by atoms with van der Waals surface area (Å²) in [6, 6.07) is 7.38. The molecule has 0 bridgehead atoms. The molecule has 0 heterocycles. The van der Waals surface area contributed by atoms with E-state index in [2.05, 4.69) is 18.8 Å². The Balaban J connectivity index is 2.45. The largest absolute Gasteiger partial charge is 0.511 e. The Morgan fingerprint density at radius 1 is 1.26 bits per heavy atom. The van der Waals surface area contributed by atoms with E-state index in [4.69, 9.17) is 4.74 Å². The first-order chi connectivity index (χ1) is 10.9. The van der Waals surface area contributed by atoms with Gasteiger partial charge >= 0.3 is 0 Å². The number of aliphatic imine (C=N–C) groups is 1. The van der Waals surface area contributed by atoms with Crippen molar-refractivity contribution in [3.63, 3.8) is 0 Å². The summed E-state index contributed by atoms with van der Waals surface area (Å²) in [7, 11) is 1.62. The van der Waals surface area contributed by atoms with Crippen molar-refractivity contribution < 1.29 is 14.6 Å². The molecule has 1 aliphatic rings. The first-order valence-corrected chi connectivity index (χ1v) is 8.03. The Morgan fingerprint density at radius 3 is 2.48 bits per heavy atom. The van der Waals surface area contributed by atoms with E-state index in [1.165, 1.54) is 0 Å².